The van der Waals surface area contributed by atoms with Gasteiger partial charge in [0.2, 0.25) is 0 Å². The number of nitrogens with zero attached hydrogens (tertiary/aromatic N) is 2. The maximum Gasteiger partial charge on any atom is 0.261 e. The topological polar surface area (TPSA) is 61.0 Å². The number of thiophene rings is 1. The van der Waals surface area contributed by atoms with Gasteiger partial charge in [-0.2, -0.15) is 5.10 Å². The molecule has 2 N–H and O–H groups in total. The van der Waals surface area contributed by atoms with Gasteiger partial charge in [0.25, 0.3) is 5.91 Å². The zero-order valence-electron chi connectivity index (χ0n) is 14.0. The largest absolute Gasteiger partial charge is 0.353 e. The first kappa shape index (κ1) is 15.9. The third kappa shape index (κ3) is 3.44. The number of carbonyl (C=O) groups excluding carboxylic acids is 1. The Kier molecular flexibility index (Phi) is 4.28. The summed E-state index contributed by atoms with van der Waals surface area (Å²) < 4.78 is 0. The lowest BCUT2D eigenvalue weighted by molar-refractivity contribution is 0.0944. The smallest absolute Gasteiger partial charge is 0.261 e. The minimum absolute atomic E-state index is 0.0250. The maximum atomic E-state index is 12.3. The molecule has 1 aliphatic heterocycles. The monoisotopic (exact) mass is 352 g/mol. The van der Waals surface area contributed by atoms with Crippen LogP contribution >= 0.6 is 11.3 Å². The molecule has 3 heterocycles. The molecule has 4 rings (SSSR count). The Morgan fingerprint density at radius 2 is 2.12 bits per heavy atom. The summed E-state index contributed by atoms with van der Waals surface area (Å²) in [6.07, 6.45) is 0.934. The molecule has 0 saturated carbocycles. The molecule has 0 aliphatic carbocycles. The van der Waals surface area contributed by atoms with Gasteiger partial charge in [0.15, 0.2) is 5.82 Å². The zero-order chi connectivity index (χ0) is 17.2. The molecule has 3 aromatic rings. The second-order valence-corrected chi connectivity index (χ2v) is 7.61. The minimum atomic E-state index is 0.0250. The van der Waals surface area contributed by atoms with Crippen LogP contribution in [0.15, 0.2) is 48.5 Å². The van der Waals surface area contributed by atoms with Crippen molar-refractivity contribution in [1.29, 1.82) is 0 Å². The number of aryl methyl sites for hydroxylation is 1. The molecule has 0 radical (unpaired) electrons. The molecule has 25 heavy (non-hydrogen) atoms. The van der Waals surface area contributed by atoms with Crippen molar-refractivity contribution in [2.45, 2.75) is 19.4 Å². The van der Waals surface area contributed by atoms with E-state index in [1.54, 1.807) is 0 Å². The number of rotatable bonds is 4. The average Bonchev–Trinajstić information content (AvgIpc) is 3.35. The van der Waals surface area contributed by atoms with Gasteiger partial charge in [-0.3, -0.25) is 9.89 Å². The first-order valence-corrected chi connectivity index (χ1v) is 9.24. The van der Waals surface area contributed by atoms with Crippen molar-refractivity contribution in [3.63, 3.8) is 0 Å². The number of aromatic amines is 1. The summed E-state index contributed by atoms with van der Waals surface area (Å²) >= 11 is 1.53. The van der Waals surface area contributed by atoms with Crippen LogP contribution in [0, 0.1) is 6.92 Å². The number of aromatic nitrogens is 2. The van der Waals surface area contributed by atoms with E-state index in [9.17, 15) is 4.79 Å². The van der Waals surface area contributed by atoms with E-state index in [4.69, 9.17) is 0 Å². The Bertz CT molecular complexity index is 870. The predicted molar refractivity (Wildman–Crippen MR) is 101 cm³/mol. The standard InChI is InChI=1S/C19H20N4OS/c1-13-7-8-17(25-13)19(24)20-15-9-10-23(12-15)18-11-16(21-22-18)14-5-3-2-4-6-14/h2-8,11,15H,9-10,12H2,1H3,(H,20,24)(H,21,22)/t15-/m1/s1. The molecule has 5 nitrogen and oxygen atoms in total. The summed E-state index contributed by atoms with van der Waals surface area (Å²) in [4.78, 5) is 16.5. The lowest BCUT2D eigenvalue weighted by atomic mass is 10.1. The molecule has 1 aromatic carbocycles. The van der Waals surface area contributed by atoms with Crippen molar-refractivity contribution in [2.75, 3.05) is 18.0 Å². The second-order valence-electron chi connectivity index (χ2n) is 6.32. The van der Waals surface area contributed by atoms with Crippen LogP contribution < -0.4 is 10.2 Å². The van der Waals surface area contributed by atoms with Crippen LogP contribution in [0.25, 0.3) is 11.3 Å². The van der Waals surface area contributed by atoms with Crippen molar-refractivity contribution in [3.8, 4) is 11.3 Å². The van der Waals surface area contributed by atoms with Gasteiger partial charge in [0.05, 0.1) is 10.6 Å². The summed E-state index contributed by atoms with van der Waals surface area (Å²) in [6, 6.07) is 16.3. The van der Waals surface area contributed by atoms with Crippen LogP contribution in [-0.4, -0.2) is 35.2 Å². The van der Waals surface area contributed by atoms with Gasteiger partial charge in [-0.05, 0) is 31.0 Å². The summed E-state index contributed by atoms with van der Waals surface area (Å²) in [6.45, 7) is 3.70. The number of amides is 1. The van der Waals surface area contributed by atoms with Gasteiger partial charge in [-0.25, -0.2) is 0 Å². The SMILES string of the molecule is Cc1ccc(C(=O)N[C@@H]2CCN(c3cc(-c4ccccc4)[nH]n3)C2)s1. The molecule has 0 spiro atoms. The highest BCUT2D eigenvalue weighted by atomic mass is 32.1. The molecule has 2 aromatic heterocycles. The van der Waals surface area contributed by atoms with Gasteiger partial charge >= 0.3 is 0 Å². The molecule has 1 saturated heterocycles. The van der Waals surface area contributed by atoms with E-state index in [0.717, 1.165) is 46.3 Å². The zero-order valence-corrected chi connectivity index (χ0v) is 14.8. The molecular formula is C19H20N4OS. The van der Waals surface area contributed by atoms with Crippen molar-refractivity contribution >= 4 is 23.1 Å². The van der Waals surface area contributed by atoms with Crippen molar-refractivity contribution in [2.24, 2.45) is 0 Å². The Labute approximate surface area is 150 Å². The van der Waals surface area contributed by atoms with Crippen LogP contribution in [0.4, 0.5) is 5.82 Å². The van der Waals surface area contributed by atoms with E-state index in [-0.39, 0.29) is 11.9 Å². The Balaban J connectivity index is 1.39. The number of nitrogens with one attached hydrogen (secondary N) is 2. The number of carbonyl (C=O) groups is 1. The number of hydrogen-bond donors (Lipinski definition) is 2. The van der Waals surface area contributed by atoms with E-state index < -0.39 is 0 Å². The highest BCUT2D eigenvalue weighted by Crippen LogP contribution is 2.24. The first-order chi connectivity index (χ1) is 12.2. The fourth-order valence-electron chi connectivity index (χ4n) is 3.14. The summed E-state index contributed by atoms with van der Waals surface area (Å²) in [5.41, 5.74) is 2.13. The Hall–Kier alpha value is -2.60. The molecule has 0 unspecified atom stereocenters. The number of anilines is 1. The highest BCUT2D eigenvalue weighted by Gasteiger charge is 2.26. The lowest BCUT2D eigenvalue weighted by Gasteiger charge is -2.15. The predicted octanol–water partition coefficient (Wildman–Crippen LogP) is 3.46. The van der Waals surface area contributed by atoms with Gasteiger partial charge in [0.1, 0.15) is 0 Å². The molecule has 1 fully saturated rings. The Morgan fingerprint density at radius 1 is 1.28 bits per heavy atom. The van der Waals surface area contributed by atoms with Gasteiger partial charge in [-0.15, -0.1) is 11.3 Å². The quantitative estimate of drug-likeness (QED) is 0.756. The summed E-state index contributed by atoms with van der Waals surface area (Å²) in [7, 11) is 0. The number of hydrogen-bond acceptors (Lipinski definition) is 4. The van der Waals surface area contributed by atoms with Crippen molar-refractivity contribution < 1.29 is 4.79 Å². The van der Waals surface area contributed by atoms with Gasteiger partial charge in [0, 0.05) is 30.1 Å². The number of benzene rings is 1. The van der Waals surface area contributed by atoms with E-state index in [0.29, 0.717) is 0 Å². The van der Waals surface area contributed by atoms with Gasteiger partial charge in [-0.1, -0.05) is 30.3 Å². The molecule has 1 atom stereocenters. The molecular weight excluding hydrogens is 332 g/mol. The first-order valence-electron chi connectivity index (χ1n) is 8.42. The van der Waals surface area contributed by atoms with E-state index in [2.05, 4.69) is 38.6 Å². The van der Waals surface area contributed by atoms with Crippen LogP contribution in [0.1, 0.15) is 21.0 Å². The average molecular weight is 352 g/mol. The van der Waals surface area contributed by atoms with Crippen LogP contribution in [-0.2, 0) is 0 Å². The number of H-pyrrole nitrogens is 1. The van der Waals surface area contributed by atoms with E-state index in [1.165, 1.54) is 11.3 Å². The fraction of sp³-hybridized carbons (Fsp3) is 0.263. The highest BCUT2D eigenvalue weighted by molar-refractivity contribution is 7.13. The van der Waals surface area contributed by atoms with Crippen molar-refractivity contribution in [1.82, 2.24) is 15.5 Å². The molecule has 128 valence electrons. The molecule has 0 bridgehead atoms. The van der Waals surface area contributed by atoms with E-state index in [1.807, 2.05) is 37.3 Å². The molecule has 6 heteroatoms. The summed E-state index contributed by atoms with van der Waals surface area (Å²) in [5, 5.41) is 10.7. The lowest BCUT2D eigenvalue weighted by Crippen LogP contribution is -2.36. The third-order valence-electron chi connectivity index (χ3n) is 4.46. The summed E-state index contributed by atoms with van der Waals surface area (Å²) in [5.74, 6) is 0.958. The van der Waals surface area contributed by atoms with Crippen LogP contribution in [0.3, 0.4) is 0 Å². The third-order valence-corrected chi connectivity index (χ3v) is 5.46. The van der Waals surface area contributed by atoms with Crippen LogP contribution in [0.2, 0.25) is 0 Å². The normalized spacial score (nSPS) is 17.0. The van der Waals surface area contributed by atoms with Crippen molar-refractivity contribution in [3.05, 3.63) is 58.3 Å². The fourth-order valence-corrected chi connectivity index (χ4v) is 3.91. The van der Waals surface area contributed by atoms with Crippen LogP contribution in [0.5, 0.6) is 0 Å². The molecule has 1 amide bonds. The van der Waals surface area contributed by atoms with E-state index >= 15 is 0 Å². The minimum Gasteiger partial charge on any atom is -0.353 e. The molecule has 1 aliphatic rings. The second kappa shape index (κ2) is 6.72. The maximum absolute atomic E-state index is 12.3. The Morgan fingerprint density at radius 3 is 2.88 bits per heavy atom. The van der Waals surface area contributed by atoms with Gasteiger partial charge < -0.3 is 10.2 Å².